The first-order valence-corrected chi connectivity index (χ1v) is 11.4. The fraction of sp³-hybridized carbons (Fsp3) is 0.0769. The minimum Gasteiger partial charge on any atom is -0.496 e. The standard InChI is InChI=1S/C26H23NO3S/c1-19-12-15-21(16-13-19)31(28,29)27-18-25(24-10-6-7-11-26(24)30-2)23-17-14-20-8-4-3-5-9-22(20)23/h3-18,27H,1-2H3/b25-18-. The topological polar surface area (TPSA) is 55.4 Å². The molecule has 0 aliphatic heterocycles. The summed E-state index contributed by atoms with van der Waals surface area (Å²) in [5.74, 6) is 0.665. The number of hydrogen-bond donors (Lipinski definition) is 1. The predicted molar refractivity (Wildman–Crippen MR) is 125 cm³/mol. The second-order valence-electron chi connectivity index (χ2n) is 7.22. The van der Waals surface area contributed by atoms with Gasteiger partial charge in [-0.3, -0.25) is 4.72 Å². The zero-order chi connectivity index (χ0) is 21.8. The summed E-state index contributed by atoms with van der Waals surface area (Å²) in [4.78, 5) is 0.215. The lowest BCUT2D eigenvalue weighted by Gasteiger charge is -2.14. The van der Waals surface area contributed by atoms with Gasteiger partial charge >= 0.3 is 0 Å². The maximum absolute atomic E-state index is 12.9. The highest BCUT2D eigenvalue weighted by atomic mass is 32.2. The van der Waals surface area contributed by atoms with E-state index in [1.807, 2.05) is 73.7 Å². The molecule has 1 N–H and O–H groups in total. The van der Waals surface area contributed by atoms with Crippen LogP contribution in [0.3, 0.4) is 0 Å². The average Bonchev–Trinajstić information content (AvgIpc) is 3.01. The molecule has 2 aliphatic rings. The molecule has 4 nitrogen and oxygen atoms in total. The van der Waals surface area contributed by atoms with E-state index in [9.17, 15) is 8.42 Å². The summed E-state index contributed by atoms with van der Waals surface area (Å²) in [6, 6.07) is 28.4. The van der Waals surface area contributed by atoms with Gasteiger partial charge in [0.25, 0.3) is 10.0 Å². The lowest BCUT2D eigenvalue weighted by atomic mass is 9.96. The molecule has 0 spiro atoms. The van der Waals surface area contributed by atoms with E-state index in [4.69, 9.17) is 4.74 Å². The largest absolute Gasteiger partial charge is 0.496 e. The SMILES string of the molecule is COc1ccccc1/C(=C\NS(=O)(=O)c1ccc(C)cc1)c1ccc2cccccc1-2. The highest BCUT2D eigenvalue weighted by molar-refractivity contribution is 7.89. The number of aryl methyl sites for hydroxylation is 1. The summed E-state index contributed by atoms with van der Waals surface area (Å²) in [5, 5.41) is 0. The van der Waals surface area contributed by atoms with Gasteiger partial charge < -0.3 is 4.74 Å². The highest BCUT2D eigenvalue weighted by Crippen LogP contribution is 2.38. The lowest BCUT2D eigenvalue weighted by molar-refractivity contribution is 0.413. The third-order valence-electron chi connectivity index (χ3n) is 5.17. The zero-order valence-electron chi connectivity index (χ0n) is 17.4. The number of benzene rings is 2. The molecule has 2 aliphatic carbocycles. The summed E-state index contributed by atoms with van der Waals surface area (Å²) in [7, 11) is -2.12. The summed E-state index contributed by atoms with van der Waals surface area (Å²) in [6.07, 6.45) is 1.55. The van der Waals surface area contributed by atoms with Gasteiger partial charge in [0.2, 0.25) is 0 Å². The number of ether oxygens (including phenoxy) is 1. The average molecular weight is 430 g/mol. The van der Waals surface area contributed by atoms with E-state index < -0.39 is 10.0 Å². The molecule has 0 saturated heterocycles. The quantitative estimate of drug-likeness (QED) is 0.442. The van der Waals surface area contributed by atoms with E-state index in [0.717, 1.165) is 33.4 Å². The first-order chi connectivity index (χ1) is 15.0. The van der Waals surface area contributed by atoms with Gasteiger partial charge in [0.15, 0.2) is 0 Å². The molecule has 0 aromatic heterocycles. The first-order valence-electron chi connectivity index (χ1n) is 9.90. The molecule has 4 rings (SSSR count). The van der Waals surface area contributed by atoms with E-state index in [0.29, 0.717) is 5.75 Å². The summed E-state index contributed by atoms with van der Waals surface area (Å²) >= 11 is 0. The van der Waals surface area contributed by atoms with Crippen LogP contribution in [0.1, 0.15) is 16.7 Å². The van der Waals surface area contributed by atoms with E-state index in [-0.39, 0.29) is 4.90 Å². The van der Waals surface area contributed by atoms with E-state index >= 15 is 0 Å². The van der Waals surface area contributed by atoms with Crippen LogP contribution in [0.4, 0.5) is 0 Å². The maximum Gasteiger partial charge on any atom is 0.261 e. The number of rotatable bonds is 6. The van der Waals surface area contributed by atoms with Crippen LogP contribution >= 0.6 is 0 Å². The van der Waals surface area contributed by atoms with Gasteiger partial charge in [-0.05, 0) is 41.8 Å². The van der Waals surface area contributed by atoms with Crippen LogP contribution < -0.4 is 9.46 Å². The minimum absolute atomic E-state index is 0.215. The maximum atomic E-state index is 12.9. The molecule has 5 heteroatoms. The van der Waals surface area contributed by atoms with Gasteiger partial charge in [-0.25, -0.2) is 8.42 Å². The third-order valence-corrected chi connectivity index (χ3v) is 6.49. The van der Waals surface area contributed by atoms with Crippen molar-refractivity contribution in [3.63, 3.8) is 0 Å². The second-order valence-corrected chi connectivity index (χ2v) is 8.93. The smallest absolute Gasteiger partial charge is 0.261 e. The minimum atomic E-state index is -3.72. The van der Waals surface area contributed by atoms with Crippen molar-refractivity contribution < 1.29 is 13.2 Å². The molecule has 0 heterocycles. The third kappa shape index (κ3) is 4.32. The fourth-order valence-corrected chi connectivity index (χ4v) is 4.44. The van der Waals surface area contributed by atoms with Crippen molar-refractivity contribution in [3.05, 3.63) is 114 Å². The molecule has 2 aromatic rings. The summed E-state index contributed by atoms with van der Waals surface area (Å²) in [6.45, 7) is 1.92. The Labute approximate surface area is 183 Å². The fourth-order valence-electron chi connectivity index (χ4n) is 3.54. The van der Waals surface area contributed by atoms with Crippen molar-refractivity contribution in [2.45, 2.75) is 11.8 Å². The molecule has 0 atom stereocenters. The van der Waals surface area contributed by atoms with Gasteiger partial charge in [-0.1, -0.05) is 78.4 Å². The van der Waals surface area contributed by atoms with Crippen molar-refractivity contribution in [1.29, 1.82) is 0 Å². The molecular formula is C26H23NO3S. The van der Waals surface area contributed by atoms with E-state index in [1.165, 1.54) is 0 Å². The molecular weight excluding hydrogens is 406 g/mol. The van der Waals surface area contributed by atoms with Gasteiger partial charge in [-0.15, -0.1) is 0 Å². The van der Waals surface area contributed by atoms with Gasteiger partial charge in [0.05, 0.1) is 12.0 Å². The Balaban J connectivity index is 1.84. The number of para-hydroxylation sites is 1. The molecule has 0 amide bonds. The monoisotopic (exact) mass is 429 g/mol. The molecule has 31 heavy (non-hydrogen) atoms. The normalized spacial score (nSPS) is 12.0. The number of hydrogen-bond acceptors (Lipinski definition) is 3. The van der Waals surface area contributed by atoms with Crippen molar-refractivity contribution in [1.82, 2.24) is 4.72 Å². The Hall–Kier alpha value is -3.57. The van der Waals surface area contributed by atoms with Crippen LogP contribution in [0.15, 0.2) is 102 Å². The molecule has 0 unspecified atom stereocenters. The number of sulfonamides is 1. The highest BCUT2D eigenvalue weighted by Gasteiger charge is 2.19. The van der Waals surface area contributed by atoms with Crippen molar-refractivity contribution in [2.75, 3.05) is 7.11 Å². The van der Waals surface area contributed by atoms with Crippen LogP contribution in [0.25, 0.3) is 16.7 Å². The molecule has 2 aromatic carbocycles. The van der Waals surface area contributed by atoms with Crippen molar-refractivity contribution in [2.24, 2.45) is 0 Å². The Morgan fingerprint density at radius 2 is 1.52 bits per heavy atom. The Morgan fingerprint density at radius 1 is 0.806 bits per heavy atom. The van der Waals surface area contributed by atoms with Crippen molar-refractivity contribution >= 4 is 15.6 Å². The van der Waals surface area contributed by atoms with Crippen LogP contribution in [-0.2, 0) is 10.0 Å². The second kappa shape index (κ2) is 8.66. The van der Waals surface area contributed by atoms with Crippen LogP contribution in [0.2, 0.25) is 0 Å². The predicted octanol–water partition coefficient (Wildman–Crippen LogP) is 5.48. The van der Waals surface area contributed by atoms with E-state index in [1.54, 1.807) is 37.6 Å². The Bertz CT molecular complexity index is 1310. The first kappa shape index (κ1) is 20.7. The molecule has 0 saturated carbocycles. The van der Waals surface area contributed by atoms with Gasteiger partial charge in [0, 0.05) is 17.3 Å². The zero-order valence-corrected chi connectivity index (χ0v) is 18.2. The molecule has 0 fully saturated rings. The summed E-state index contributed by atoms with van der Waals surface area (Å²) < 4.78 is 34.1. The Morgan fingerprint density at radius 3 is 2.29 bits per heavy atom. The number of fused-ring (bicyclic) bond motifs is 1. The number of methoxy groups -OCH3 is 1. The van der Waals surface area contributed by atoms with Crippen LogP contribution in [0.5, 0.6) is 5.75 Å². The lowest BCUT2D eigenvalue weighted by Crippen LogP contribution is -2.18. The van der Waals surface area contributed by atoms with Crippen molar-refractivity contribution in [3.8, 4) is 16.9 Å². The number of nitrogens with one attached hydrogen (secondary N) is 1. The van der Waals surface area contributed by atoms with Gasteiger partial charge in [0.1, 0.15) is 5.75 Å². The van der Waals surface area contributed by atoms with Gasteiger partial charge in [-0.2, -0.15) is 0 Å². The molecule has 0 radical (unpaired) electrons. The van der Waals surface area contributed by atoms with Crippen LogP contribution in [0, 0.1) is 6.92 Å². The molecule has 0 bridgehead atoms. The Kier molecular flexibility index (Phi) is 5.78. The summed E-state index contributed by atoms with van der Waals surface area (Å²) in [5.41, 5.74) is 5.55. The van der Waals surface area contributed by atoms with E-state index in [2.05, 4.69) is 4.72 Å². The van der Waals surface area contributed by atoms with Crippen LogP contribution in [-0.4, -0.2) is 15.5 Å². The molecule has 156 valence electrons.